The fraction of sp³-hybridized carbons (Fsp3) is 0.208. The molecule has 0 radical (unpaired) electrons. The zero-order chi connectivity index (χ0) is 22.9. The predicted molar refractivity (Wildman–Crippen MR) is 125 cm³/mol. The maximum atomic E-state index is 11.8. The van der Waals surface area contributed by atoms with Crippen LogP contribution in [0.3, 0.4) is 0 Å². The van der Waals surface area contributed by atoms with Crippen molar-refractivity contribution in [3.8, 4) is 5.69 Å². The van der Waals surface area contributed by atoms with E-state index in [1.54, 1.807) is 30.5 Å². The number of sulfone groups is 1. The highest BCUT2D eigenvalue weighted by molar-refractivity contribution is 7.90. The molecule has 164 valence electrons. The van der Waals surface area contributed by atoms with Crippen molar-refractivity contribution in [2.24, 2.45) is 0 Å². The van der Waals surface area contributed by atoms with Crippen molar-refractivity contribution in [3.05, 3.63) is 89.0 Å². The summed E-state index contributed by atoms with van der Waals surface area (Å²) in [5, 5.41) is 8.07. The van der Waals surface area contributed by atoms with Crippen LogP contribution in [0.5, 0.6) is 0 Å². The molecule has 0 atom stereocenters. The van der Waals surface area contributed by atoms with Gasteiger partial charge in [0.2, 0.25) is 0 Å². The molecule has 2 heterocycles. The number of aryl methyl sites for hydroxylation is 2. The molecule has 8 heteroatoms. The molecule has 0 aliphatic carbocycles. The molecule has 32 heavy (non-hydrogen) atoms. The number of benzene rings is 2. The van der Waals surface area contributed by atoms with E-state index in [0.29, 0.717) is 18.1 Å². The van der Waals surface area contributed by atoms with Crippen molar-refractivity contribution in [2.45, 2.75) is 32.1 Å². The summed E-state index contributed by atoms with van der Waals surface area (Å²) in [6, 6.07) is 16.8. The van der Waals surface area contributed by atoms with Gasteiger partial charge >= 0.3 is 0 Å². The van der Waals surface area contributed by atoms with Gasteiger partial charge in [-0.1, -0.05) is 29.8 Å². The van der Waals surface area contributed by atoms with Crippen molar-refractivity contribution < 1.29 is 8.42 Å². The Morgan fingerprint density at radius 2 is 1.75 bits per heavy atom. The minimum atomic E-state index is -3.27. The summed E-state index contributed by atoms with van der Waals surface area (Å²) in [7, 11) is -3.27. The molecule has 4 rings (SSSR count). The molecule has 0 aliphatic heterocycles. The maximum Gasteiger partial charge on any atom is 0.175 e. The fourth-order valence-electron chi connectivity index (χ4n) is 3.37. The first kappa shape index (κ1) is 21.7. The largest absolute Gasteiger partial charge is 0.324 e. The van der Waals surface area contributed by atoms with Crippen LogP contribution in [-0.4, -0.2) is 34.4 Å². The average molecular weight is 448 g/mol. The zero-order valence-corrected chi connectivity index (χ0v) is 19.3. The Balaban J connectivity index is 1.62. The van der Waals surface area contributed by atoms with Crippen molar-refractivity contribution >= 4 is 21.5 Å². The Kier molecular flexibility index (Phi) is 5.80. The zero-order valence-electron chi connectivity index (χ0n) is 18.5. The van der Waals surface area contributed by atoms with E-state index < -0.39 is 9.84 Å². The summed E-state index contributed by atoms with van der Waals surface area (Å²) < 4.78 is 25.6. The molecule has 0 bridgehead atoms. The van der Waals surface area contributed by atoms with E-state index in [1.165, 1.54) is 11.8 Å². The Morgan fingerprint density at radius 3 is 2.47 bits per heavy atom. The lowest BCUT2D eigenvalue weighted by Gasteiger charge is -2.12. The molecule has 0 spiro atoms. The average Bonchev–Trinajstić information content (AvgIpc) is 3.03. The number of anilines is 2. The van der Waals surface area contributed by atoms with Crippen LogP contribution in [-0.2, 0) is 16.3 Å². The van der Waals surface area contributed by atoms with Crippen LogP contribution in [0.15, 0.2) is 65.7 Å². The number of hydrogen-bond donors (Lipinski definition) is 1. The summed E-state index contributed by atoms with van der Waals surface area (Å²) in [4.78, 5) is 9.29. The lowest BCUT2D eigenvalue weighted by molar-refractivity contribution is 0.601. The highest BCUT2D eigenvalue weighted by Crippen LogP contribution is 2.26. The van der Waals surface area contributed by atoms with Gasteiger partial charge in [-0.2, -0.15) is 5.10 Å². The molecule has 0 saturated heterocycles. The van der Waals surface area contributed by atoms with Crippen LogP contribution in [0.2, 0.25) is 0 Å². The van der Waals surface area contributed by atoms with E-state index in [9.17, 15) is 8.42 Å². The fourth-order valence-corrected chi connectivity index (χ4v) is 4.06. The summed E-state index contributed by atoms with van der Waals surface area (Å²) in [6.45, 7) is 6.05. The molecule has 0 saturated carbocycles. The number of aromatic nitrogens is 4. The number of hydrogen-bond acceptors (Lipinski definition) is 6. The third kappa shape index (κ3) is 4.70. The van der Waals surface area contributed by atoms with Crippen molar-refractivity contribution in [2.75, 3.05) is 11.6 Å². The van der Waals surface area contributed by atoms with Gasteiger partial charge in [0, 0.05) is 24.4 Å². The normalized spacial score (nSPS) is 11.5. The van der Waals surface area contributed by atoms with E-state index in [2.05, 4.69) is 39.4 Å². The van der Waals surface area contributed by atoms with Crippen LogP contribution in [0.4, 0.5) is 11.6 Å². The van der Waals surface area contributed by atoms with E-state index in [4.69, 9.17) is 0 Å². The van der Waals surface area contributed by atoms with E-state index in [1.807, 2.05) is 36.7 Å². The second-order valence-electron chi connectivity index (χ2n) is 7.89. The van der Waals surface area contributed by atoms with Gasteiger partial charge in [0.05, 0.1) is 16.3 Å². The van der Waals surface area contributed by atoms with Gasteiger partial charge < -0.3 is 5.32 Å². The highest BCUT2D eigenvalue weighted by Gasteiger charge is 2.15. The third-order valence-corrected chi connectivity index (χ3v) is 6.39. The quantitative estimate of drug-likeness (QED) is 0.473. The molecule has 0 fully saturated rings. The molecule has 0 aliphatic rings. The molecule has 2 aromatic carbocycles. The summed E-state index contributed by atoms with van der Waals surface area (Å²) in [5.41, 5.74) is 4.94. The van der Waals surface area contributed by atoms with Crippen LogP contribution >= 0.6 is 0 Å². The molecule has 7 nitrogen and oxygen atoms in total. The molecular formula is C24H25N5O2S. The smallest absolute Gasteiger partial charge is 0.175 e. The van der Waals surface area contributed by atoms with Gasteiger partial charge in [0.15, 0.2) is 9.84 Å². The molecular weight excluding hydrogens is 422 g/mol. The van der Waals surface area contributed by atoms with Gasteiger partial charge in [-0.05, 0) is 56.7 Å². The Bertz CT molecular complexity index is 1380. The molecule has 1 N–H and O–H groups in total. The first-order valence-electron chi connectivity index (χ1n) is 10.2. The summed E-state index contributed by atoms with van der Waals surface area (Å²) >= 11 is 0. The number of rotatable bonds is 6. The highest BCUT2D eigenvalue weighted by atomic mass is 32.2. The summed E-state index contributed by atoms with van der Waals surface area (Å²) in [6.07, 6.45) is 3.32. The van der Waals surface area contributed by atoms with Crippen LogP contribution in [0, 0.1) is 20.8 Å². The second-order valence-corrected chi connectivity index (χ2v) is 9.90. The SMILES string of the molecule is Cc1ccc(-n2nc(C)c(C)c2Nc2ccnc(Cc3cccc(S(C)(=O)=O)c3)n2)cc1. The van der Waals surface area contributed by atoms with Gasteiger partial charge in [0.25, 0.3) is 0 Å². The summed E-state index contributed by atoms with van der Waals surface area (Å²) in [5.74, 6) is 2.08. The predicted octanol–water partition coefficient (Wildman–Crippen LogP) is 4.33. The number of nitrogens with zero attached hydrogens (tertiary/aromatic N) is 4. The topological polar surface area (TPSA) is 89.8 Å². The van der Waals surface area contributed by atoms with E-state index in [0.717, 1.165) is 28.3 Å². The van der Waals surface area contributed by atoms with Crippen LogP contribution < -0.4 is 5.32 Å². The Hall–Kier alpha value is -3.52. The number of nitrogens with one attached hydrogen (secondary N) is 1. The van der Waals surface area contributed by atoms with Gasteiger partial charge in [0.1, 0.15) is 17.5 Å². The molecule has 4 aromatic rings. The van der Waals surface area contributed by atoms with Gasteiger partial charge in [-0.15, -0.1) is 0 Å². The van der Waals surface area contributed by atoms with Gasteiger partial charge in [-0.3, -0.25) is 0 Å². The lowest BCUT2D eigenvalue weighted by Crippen LogP contribution is -2.06. The third-order valence-electron chi connectivity index (χ3n) is 5.28. The first-order valence-corrected chi connectivity index (χ1v) is 12.1. The van der Waals surface area contributed by atoms with E-state index in [-0.39, 0.29) is 4.90 Å². The molecule has 0 unspecified atom stereocenters. The molecule has 0 amide bonds. The van der Waals surface area contributed by atoms with E-state index >= 15 is 0 Å². The second kappa shape index (κ2) is 8.55. The monoisotopic (exact) mass is 447 g/mol. The Labute approximate surface area is 188 Å². The minimum absolute atomic E-state index is 0.289. The minimum Gasteiger partial charge on any atom is -0.324 e. The van der Waals surface area contributed by atoms with Crippen molar-refractivity contribution in [1.29, 1.82) is 0 Å². The lowest BCUT2D eigenvalue weighted by atomic mass is 10.1. The van der Waals surface area contributed by atoms with Crippen LogP contribution in [0.25, 0.3) is 5.69 Å². The molecule has 2 aromatic heterocycles. The van der Waals surface area contributed by atoms with Crippen LogP contribution in [0.1, 0.15) is 28.2 Å². The standard InChI is InChI=1S/C24H25N5O2S/c1-16-8-10-20(11-9-16)29-24(17(2)18(3)28-29)27-22-12-13-25-23(26-22)15-19-6-5-7-21(14-19)32(4,30)31/h5-14H,15H2,1-4H3,(H,25,26,27). The maximum absolute atomic E-state index is 11.8. The Morgan fingerprint density at radius 1 is 1.00 bits per heavy atom. The van der Waals surface area contributed by atoms with Gasteiger partial charge in [-0.25, -0.2) is 23.1 Å². The first-order chi connectivity index (χ1) is 15.2. The van der Waals surface area contributed by atoms with Crippen molar-refractivity contribution in [3.63, 3.8) is 0 Å². The van der Waals surface area contributed by atoms with Crippen molar-refractivity contribution in [1.82, 2.24) is 19.7 Å².